The Balaban J connectivity index is 1.50. The quantitative estimate of drug-likeness (QED) is 0.535. The fraction of sp³-hybridized carbons (Fsp3) is 0.360. The summed E-state index contributed by atoms with van der Waals surface area (Å²) in [6, 6.07) is 18.0. The van der Waals surface area contributed by atoms with Crippen LogP contribution in [0.4, 0.5) is 5.69 Å². The Labute approximate surface area is 194 Å². The zero-order chi connectivity index (χ0) is 22.3. The van der Waals surface area contributed by atoms with E-state index in [2.05, 4.69) is 26.2 Å². The number of morpholine rings is 1. The zero-order valence-electron chi connectivity index (χ0n) is 18.5. The summed E-state index contributed by atoms with van der Waals surface area (Å²) in [5.41, 5.74) is 3.58. The van der Waals surface area contributed by atoms with Crippen LogP contribution in [0.2, 0.25) is 0 Å². The first-order chi connectivity index (χ1) is 15.6. The number of ether oxygens (including phenoxy) is 1. The van der Waals surface area contributed by atoms with E-state index in [1.165, 1.54) is 0 Å². The molecule has 0 unspecified atom stereocenters. The smallest absolute Gasteiger partial charge is 0.253 e. The van der Waals surface area contributed by atoms with Crippen LogP contribution < -0.4 is 10.9 Å². The molecule has 3 aromatic rings. The van der Waals surface area contributed by atoms with Crippen LogP contribution in [-0.2, 0) is 11.3 Å². The topological polar surface area (TPSA) is 60.6 Å². The minimum absolute atomic E-state index is 0.0659. The average Bonchev–Trinajstić information content (AvgIpc) is 2.80. The van der Waals surface area contributed by atoms with E-state index in [-0.39, 0.29) is 5.56 Å². The molecule has 2 N–H and O–H groups in total. The first kappa shape index (κ1) is 22.5. The van der Waals surface area contributed by atoms with Crippen molar-refractivity contribution in [3.05, 3.63) is 76.1 Å². The van der Waals surface area contributed by atoms with Crippen LogP contribution in [0.5, 0.6) is 0 Å². The van der Waals surface area contributed by atoms with Gasteiger partial charge < -0.3 is 19.9 Å². The Morgan fingerprint density at radius 1 is 1.16 bits per heavy atom. The molecule has 32 heavy (non-hydrogen) atoms. The van der Waals surface area contributed by atoms with E-state index in [0.29, 0.717) is 17.2 Å². The van der Waals surface area contributed by atoms with Gasteiger partial charge in [0.2, 0.25) is 0 Å². The fourth-order valence-electron chi connectivity index (χ4n) is 3.97. The number of hydrogen-bond acceptors (Lipinski definition) is 4. The molecule has 0 atom stereocenters. The molecular weight excluding hydrogens is 420 g/mol. The number of H-pyrrole nitrogens is 1. The molecule has 0 spiro atoms. The molecule has 2 aromatic carbocycles. The molecule has 0 bridgehead atoms. The molecule has 0 radical (unpaired) electrons. The highest BCUT2D eigenvalue weighted by Gasteiger charge is 2.15. The summed E-state index contributed by atoms with van der Waals surface area (Å²) in [6.07, 6.45) is 0.960. The van der Waals surface area contributed by atoms with Gasteiger partial charge >= 0.3 is 0 Å². The number of fused-ring (bicyclic) bond motifs is 1. The number of pyridine rings is 1. The standard InChI is InChI=1S/C25H30N4O2S/c1-19-8-9-20-17-21(24(30)27-23(20)16-19)18-29(11-5-10-28-12-14-31-15-13-28)25(32)26-22-6-3-2-4-7-22/h2-4,6-9,16-17H,5,10-15,18H2,1H3,(H,26,32)(H,27,30). The molecule has 0 amide bonds. The zero-order valence-corrected chi connectivity index (χ0v) is 19.3. The van der Waals surface area contributed by atoms with Crippen molar-refractivity contribution in [1.82, 2.24) is 14.8 Å². The van der Waals surface area contributed by atoms with Crippen LogP contribution in [0.25, 0.3) is 10.9 Å². The van der Waals surface area contributed by atoms with Gasteiger partial charge in [-0.3, -0.25) is 9.69 Å². The van der Waals surface area contributed by atoms with E-state index in [1.807, 2.05) is 55.5 Å². The minimum atomic E-state index is -0.0659. The molecule has 168 valence electrons. The normalized spacial score (nSPS) is 14.4. The van der Waals surface area contributed by atoms with E-state index in [9.17, 15) is 4.79 Å². The highest BCUT2D eigenvalue weighted by molar-refractivity contribution is 7.80. The molecule has 1 aliphatic rings. The summed E-state index contributed by atoms with van der Waals surface area (Å²) in [4.78, 5) is 20.4. The van der Waals surface area contributed by atoms with E-state index >= 15 is 0 Å². The molecule has 4 rings (SSSR count). The van der Waals surface area contributed by atoms with Crippen molar-refractivity contribution in [2.75, 3.05) is 44.7 Å². The van der Waals surface area contributed by atoms with Crippen LogP contribution in [0.1, 0.15) is 17.5 Å². The highest BCUT2D eigenvalue weighted by Crippen LogP contribution is 2.15. The lowest BCUT2D eigenvalue weighted by Crippen LogP contribution is -2.40. The summed E-state index contributed by atoms with van der Waals surface area (Å²) in [5.74, 6) is 0. The molecule has 0 saturated carbocycles. The van der Waals surface area contributed by atoms with Gasteiger partial charge in [-0.05, 0) is 60.8 Å². The Hall–Kier alpha value is -2.74. The maximum Gasteiger partial charge on any atom is 0.253 e. The summed E-state index contributed by atoms with van der Waals surface area (Å²) in [6.45, 7) is 7.76. The number of thiocarbonyl (C=S) groups is 1. The van der Waals surface area contributed by atoms with Crippen molar-refractivity contribution in [2.24, 2.45) is 0 Å². The number of anilines is 1. The summed E-state index contributed by atoms with van der Waals surface area (Å²) >= 11 is 5.75. The van der Waals surface area contributed by atoms with Crippen LogP contribution >= 0.6 is 12.2 Å². The molecule has 6 nitrogen and oxygen atoms in total. The van der Waals surface area contributed by atoms with Gasteiger partial charge in [0.1, 0.15) is 0 Å². The Kier molecular flexibility index (Phi) is 7.52. The SMILES string of the molecule is Cc1ccc2cc(CN(CCCN3CCOCC3)C(=S)Nc3ccccc3)c(=O)[nH]c2c1. The Bertz CT molecular complexity index is 1110. The number of hydrogen-bond donors (Lipinski definition) is 2. The molecule has 2 heterocycles. The number of para-hydroxylation sites is 1. The molecule has 7 heteroatoms. The lowest BCUT2D eigenvalue weighted by Gasteiger charge is -2.29. The van der Waals surface area contributed by atoms with Crippen LogP contribution in [-0.4, -0.2) is 59.3 Å². The molecule has 1 aliphatic heterocycles. The summed E-state index contributed by atoms with van der Waals surface area (Å²) in [7, 11) is 0. The number of rotatable bonds is 7. The highest BCUT2D eigenvalue weighted by atomic mass is 32.1. The predicted molar refractivity (Wildman–Crippen MR) is 134 cm³/mol. The van der Waals surface area contributed by atoms with Gasteiger partial charge in [0.25, 0.3) is 5.56 Å². The first-order valence-corrected chi connectivity index (χ1v) is 11.5. The maximum atomic E-state index is 12.8. The van der Waals surface area contributed by atoms with Gasteiger partial charge in [0.05, 0.1) is 19.8 Å². The molecular formula is C25H30N4O2S. The van der Waals surface area contributed by atoms with Crippen molar-refractivity contribution in [1.29, 1.82) is 0 Å². The summed E-state index contributed by atoms with van der Waals surface area (Å²) < 4.78 is 5.45. The van der Waals surface area contributed by atoms with Crippen molar-refractivity contribution < 1.29 is 4.74 Å². The van der Waals surface area contributed by atoms with Crippen LogP contribution in [0.3, 0.4) is 0 Å². The molecule has 0 aliphatic carbocycles. The van der Waals surface area contributed by atoms with Gasteiger partial charge in [-0.25, -0.2) is 0 Å². The van der Waals surface area contributed by atoms with Crippen molar-refractivity contribution in [2.45, 2.75) is 19.9 Å². The lowest BCUT2D eigenvalue weighted by atomic mass is 10.1. The number of aromatic amines is 1. The van der Waals surface area contributed by atoms with E-state index in [1.54, 1.807) is 0 Å². The predicted octanol–water partition coefficient (Wildman–Crippen LogP) is 3.76. The monoisotopic (exact) mass is 450 g/mol. The van der Waals surface area contributed by atoms with Crippen molar-refractivity contribution in [3.8, 4) is 0 Å². The number of benzene rings is 2. The van der Waals surface area contributed by atoms with E-state index < -0.39 is 0 Å². The Morgan fingerprint density at radius 2 is 1.94 bits per heavy atom. The van der Waals surface area contributed by atoms with Crippen LogP contribution in [0.15, 0.2) is 59.4 Å². The van der Waals surface area contributed by atoms with Gasteiger partial charge in [0, 0.05) is 42.9 Å². The third-order valence-electron chi connectivity index (χ3n) is 5.76. The molecule has 1 saturated heterocycles. The average molecular weight is 451 g/mol. The number of nitrogens with zero attached hydrogens (tertiary/aromatic N) is 2. The third-order valence-corrected chi connectivity index (χ3v) is 6.12. The number of aryl methyl sites for hydroxylation is 1. The fourth-order valence-corrected chi connectivity index (χ4v) is 4.24. The van der Waals surface area contributed by atoms with Gasteiger partial charge in [-0.2, -0.15) is 0 Å². The second-order valence-electron chi connectivity index (χ2n) is 8.24. The minimum Gasteiger partial charge on any atom is -0.379 e. The van der Waals surface area contributed by atoms with E-state index in [0.717, 1.165) is 68.0 Å². The second kappa shape index (κ2) is 10.7. The van der Waals surface area contributed by atoms with Crippen LogP contribution in [0, 0.1) is 6.92 Å². The molecule has 1 fully saturated rings. The second-order valence-corrected chi connectivity index (χ2v) is 8.63. The van der Waals surface area contributed by atoms with Gasteiger partial charge in [0.15, 0.2) is 5.11 Å². The maximum absolute atomic E-state index is 12.8. The number of aromatic nitrogens is 1. The van der Waals surface area contributed by atoms with E-state index in [4.69, 9.17) is 17.0 Å². The van der Waals surface area contributed by atoms with Gasteiger partial charge in [-0.15, -0.1) is 0 Å². The number of nitrogens with one attached hydrogen (secondary N) is 2. The molecule has 1 aromatic heterocycles. The largest absolute Gasteiger partial charge is 0.379 e. The van der Waals surface area contributed by atoms with Gasteiger partial charge in [-0.1, -0.05) is 30.3 Å². The summed E-state index contributed by atoms with van der Waals surface area (Å²) in [5, 5.41) is 4.98. The Morgan fingerprint density at radius 3 is 2.72 bits per heavy atom. The van der Waals surface area contributed by atoms with Crippen molar-refractivity contribution in [3.63, 3.8) is 0 Å². The first-order valence-electron chi connectivity index (χ1n) is 11.1. The third kappa shape index (κ3) is 5.94. The lowest BCUT2D eigenvalue weighted by molar-refractivity contribution is 0.0367. The van der Waals surface area contributed by atoms with Crippen molar-refractivity contribution >= 4 is 33.9 Å².